The minimum Gasteiger partial charge on any atom is -0.314 e. The fraction of sp³-hybridized carbons (Fsp3) is 0.263. The van der Waals surface area contributed by atoms with E-state index in [-0.39, 0.29) is 0 Å². The van der Waals surface area contributed by atoms with Gasteiger partial charge in [0, 0.05) is 17.6 Å². The van der Waals surface area contributed by atoms with Crippen molar-refractivity contribution in [3.63, 3.8) is 0 Å². The third-order valence-electron chi connectivity index (χ3n) is 4.69. The molecule has 1 aliphatic rings. The minimum absolute atomic E-state index is 0.316. The van der Waals surface area contributed by atoms with E-state index >= 15 is 0 Å². The SMILES string of the molecule is O=S(=O)(c1ccccc1)n1cc(C[C@H]2CCCN2)c2ccccc21. The van der Waals surface area contributed by atoms with Crippen LogP contribution < -0.4 is 5.32 Å². The van der Waals surface area contributed by atoms with Gasteiger partial charge in [0.2, 0.25) is 0 Å². The van der Waals surface area contributed by atoms with Crippen LogP contribution in [0.25, 0.3) is 10.9 Å². The molecule has 2 aromatic carbocycles. The average Bonchev–Trinajstić information content (AvgIpc) is 3.25. The minimum atomic E-state index is -3.58. The summed E-state index contributed by atoms with van der Waals surface area (Å²) in [5, 5.41) is 4.51. The van der Waals surface area contributed by atoms with Gasteiger partial charge in [-0.05, 0) is 49.6 Å². The molecule has 1 N–H and O–H groups in total. The van der Waals surface area contributed by atoms with Crippen molar-refractivity contribution in [2.45, 2.75) is 30.2 Å². The van der Waals surface area contributed by atoms with Crippen molar-refractivity contribution in [1.29, 1.82) is 0 Å². The summed E-state index contributed by atoms with van der Waals surface area (Å²) in [5.41, 5.74) is 1.83. The first-order chi connectivity index (χ1) is 11.7. The summed E-state index contributed by atoms with van der Waals surface area (Å²) in [6.07, 6.45) is 4.99. The second-order valence-corrected chi connectivity index (χ2v) is 8.10. The predicted molar refractivity (Wildman–Crippen MR) is 95.7 cm³/mol. The average molecular weight is 340 g/mol. The Balaban J connectivity index is 1.84. The van der Waals surface area contributed by atoms with Crippen molar-refractivity contribution in [3.8, 4) is 0 Å². The first-order valence-electron chi connectivity index (χ1n) is 8.29. The molecule has 1 atom stereocenters. The predicted octanol–water partition coefficient (Wildman–Crippen LogP) is 3.17. The first kappa shape index (κ1) is 15.4. The lowest BCUT2D eigenvalue weighted by molar-refractivity contribution is 0.587. The molecule has 0 unspecified atom stereocenters. The lowest BCUT2D eigenvalue weighted by Gasteiger charge is -2.08. The molecular formula is C19H20N2O2S. The van der Waals surface area contributed by atoms with E-state index in [2.05, 4.69) is 5.32 Å². The Kier molecular flexibility index (Phi) is 3.90. The standard InChI is InChI=1S/C19H20N2O2S/c22-24(23,17-8-2-1-3-9-17)21-14-15(13-16-7-6-12-20-16)18-10-4-5-11-19(18)21/h1-5,8-11,14,16,20H,6-7,12-13H2/t16-/m1/s1. The number of nitrogens with one attached hydrogen (secondary N) is 1. The van der Waals surface area contributed by atoms with Crippen LogP contribution in [-0.2, 0) is 16.4 Å². The normalized spacial score (nSPS) is 18.2. The van der Waals surface area contributed by atoms with Crippen LogP contribution in [0.5, 0.6) is 0 Å². The highest BCUT2D eigenvalue weighted by Crippen LogP contribution is 2.27. The number of aromatic nitrogens is 1. The Bertz CT molecular complexity index is 955. The zero-order valence-corrected chi connectivity index (χ0v) is 14.2. The molecule has 0 amide bonds. The van der Waals surface area contributed by atoms with Gasteiger partial charge in [-0.15, -0.1) is 0 Å². The van der Waals surface area contributed by atoms with Gasteiger partial charge in [-0.2, -0.15) is 0 Å². The molecule has 1 fully saturated rings. The quantitative estimate of drug-likeness (QED) is 0.794. The third kappa shape index (κ3) is 2.64. The Morgan fingerprint density at radius 2 is 1.79 bits per heavy atom. The first-order valence-corrected chi connectivity index (χ1v) is 9.73. The van der Waals surface area contributed by atoms with Gasteiger partial charge in [0.1, 0.15) is 0 Å². The molecule has 3 aromatic rings. The van der Waals surface area contributed by atoms with Crippen LogP contribution in [0.4, 0.5) is 0 Å². The summed E-state index contributed by atoms with van der Waals surface area (Å²) in [4.78, 5) is 0.316. The van der Waals surface area contributed by atoms with Crippen molar-refractivity contribution in [3.05, 3.63) is 66.4 Å². The van der Waals surface area contributed by atoms with Crippen LogP contribution in [0.1, 0.15) is 18.4 Å². The number of nitrogens with zero attached hydrogens (tertiary/aromatic N) is 1. The van der Waals surface area contributed by atoms with Crippen LogP contribution in [0.2, 0.25) is 0 Å². The van der Waals surface area contributed by atoms with Crippen LogP contribution >= 0.6 is 0 Å². The molecule has 124 valence electrons. The monoisotopic (exact) mass is 340 g/mol. The van der Waals surface area contributed by atoms with Crippen LogP contribution in [0, 0.1) is 0 Å². The maximum atomic E-state index is 13.0. The second-order valence-electron chi connectivity index (χ2n) is 6.28. The fourth-order valence-electron chi connectivity index (χ4n) is 3.48. The van der Waals surface area contributed by atoms with Gasteiger partial charge in [0.25, 0.3) is 10.0 Å². The van der Waals surface area contributed by atoms with Crippen LogP contribution in [-0.4, -0.2) is 25.0 Å². The molecule has 24 heavy (non-hydrogen) atoms. The van der Waals surface area contributed by atoms with Gasteiger partial charge in [-0.25, -0.2) is 12.4 Å². The Morgan fingerprint density at radius 1 is 1.04 bits per heavy atom. The Labute approximate surface area is 142 Å². The Hall–Kier alpha value is -2.11. The number of hydrogen-bond acceptors (Lipinski definition) is 3. The zero-order valence-electron chi connectivity index (χ0n) is 13.4. The Morgan fingerprint density at radius 3 is 2.54 bits per heavy atom. The van der Waals surface area contributed by atoms with E-state index < -0.39 is 10.0 Å². The molecule has 1 aromatic heterocycles. The van der Waals surface area contributed by atoms with E-state index in [0.717, 1.165) is 35.9 Å². The summed E-state index contributed by atoms with van der Waals surface area (Å²) in [6.45, 7) is 1.05. The zero-order chi connectivity index (χ0) is 16.6. The van der Waals surface area contributed by atoms with Gasteiger partial charge in [0.15, 0.2) is 0 Å². The highest BCUT2D eigenvalue weighted by Gasteiger charge is 2.23. The van der Waals surface area contributed by atoms with E-state index in [1.165, 1.54) is 10.4 Å². The molecule has 1 aliphatic heterocycles. The molecule has 0 radical (unpaired) electrons. The molecule has 0 bridgehead atoms. The number of hydrogen-bond donors (Lipinski definition) is 1. The van der Waals surface area contributed by atoms with Crippen molar-refractivity contribution in [2.24, 2.45) is 0 Å². The van der Waals surface area contributed by atoms with Crippen molar-refractivity contribution < 1.29 is 8.42 Å². The smallest absolute Gasteiger partial charge is 0.268 e. The van der Waals surface area contributed by atoms with Gasteiger partial charge in [-0.1, -0.05) is 36.4 Å². The molecule has 0 spiro atoms. The maximum absolute atomic E-state index is 13.0. The van der Waals surface area contributed by atoms with Crippen molar-refractivity contribution in [2.75, 3.05) is 6.54 Å². The van der Waals surface area contributed by atoms with E-state index in [1.807, 2.05) is 30.3 Å². The van der Waals surface area contributed by atoms with Gasteiger partial charge < -0.3 is 5.32 Å². The summed E-state index contributed by atoms with van der Waals surface area (Å²) < 4.78 is 27.5. The van der Waals surface area contributed by atoms with Crippen LogP contribution in [0.15, 0.2) is 65.7 Å². The molecule has 2 heterocycles. The lowest BCUT2D eigenvalue weighted by Crippen LogP contribution is -2.23. The molecular weight excluding hydrogens is 320 g/mol. The van der Waals surface area contributed by atoms with E-state index in [4.69, 9.17) is 0 Å². The van der Waals surface area contributed by atoms with Gasteiger partial charge in [-0.3, -0.25) is 0 Å². The summed E-state index contributed by atoms with van der Waals surface area (Å²) in [6, 6.07) is 16.8. The molecule has 1 saturated heterocycles. The maximum Gasteiger partial charge on any atom is 0.268 e. The van der Waals surface area contributed by atoms with E-state index in [0.29, 0.717) is 10.9 Å². The largest absolute Gasteiger partial charge is 0.314 e. The highest BCUT2D eigenvalue weighted by molar-refractivity contribution is 7.90. The third-order valence-corrected chi connectivity index (χ3v) is 6.38. The number of fused-ring (bicyclic) bond motifs is 1. The summed E-state index contributed by atoms with van der Waals surface area (Å²) in [5.74, 6) is 0. The summed E-state index contributed by atoms with van der Waals surface area (Å²) in [7, 11) is -3.58. The van der Waals surface area contributed by atoms with E-state index in [9.17, 15) is 8.42 Å². The lowest BCUT2D eigenvalue weighted by atomic mass is 10.0. The highest BCUT2D eigenvalue weighted by atomic mass is 32.2. The second kappa shape index (κ2) is 6.07. The van der Waals surface area contributed by atoms with Crippen molar-refractivity contribution in [1.82, 2.24) is 9.29 Å². The van der Waals surface area contributed by atoms with Gasteiger partial charge in [0.05, 0.1) is 10.4 Å². The molecule has 0 aliphatic carbocycles. The molecule has 4 rings (SSSR count). The molecule has 5 heteroatoms. The van der Waals surface area contributed by atoms with Crippen molar-refractivity contribution >= 4 is 20.9 Å². The fourth-order valence-corrected chi connectivity index (χ4v) is 4.89. The summed E-state index contributed by atoms with van der Waals surface area (Å²) >= 11 is 0. The van der Waals surface area contributed by atoms with Crippen LogP contribution in [0.3, 0.4) is 0 Å². The number of para-hydroxylation sites is 1. The number of rotatable bonds is 4. The number of benzene rings is 2. The molecule has 4 nitrogen and oxygen atoms in total. The topological polar surface area (TPSA) is 51.1 Å². The van der Waals surface area contributed by atoms with Gasteiger partial charge >= 0.3 is 0 Å². The molecule has 0 saturated carbocycles. The van der Waals surface area contributed by atoms with E-state index in [1.54, 1.807) is 30.5 Å².